The quantitative estimate of drug-likeness (QED) is 0.787. The number of hydrogen-bond acceptors (Lipinski definition) is 3. The third kappa shape index (κ3) is 2.25. The molecular weight excluding hydrogens is 215 g/mol. The van der Waals surface area contributed by atoms with Gasteiger partial charge in [0.05, 0.1) is 17.8 Å². The fourth-order valence-corrected chi connectivity index (χ4v) is 1.76. The zero-order chi connectivity index (χ0) is 12.7. The summed E-state index contributed by atoms with van der Waals surface area (Å²) < 4.78 is 11.9. The minimum atomic E-state index is -0.326. The van der Waals surface area contributed by atoms with Crippen LogP contribution in [0.3, 0.4) is 0 Å². The highest BCUT2D eigenvalue weighted by atomic mass is 16.7. The standard InChI is InChI=1S/C13H19BO3/c1-12(2)13(3,4)17-14(16-12)11-7-5-10(9-15)6-8-11/h5-8,15H,9H2,1-4H3. The molecule has 4 heteroatoms. The van der Waals surface area contributed by atoms with E-state index in [4.69, 9.17) is 14.4 Å². The first kappa shape index (κ1) is 12.6. The highest BCUT2D eigenvalue weighted by molar-refractivity contribution is 6.62. The van der Waals surface area contributed by atoms with Gasteiger partial charge in [0.15, 0.2) is 0 Å². The Bertz CT molecular complexity index is 382. The van der Waals surface area contributed by atoms with Gasteiger partial charge < -0.3 is 14.4 Å². The molecule has 1 heterocycles. The van der Waals surface area contributed by atoms with Gasteiger partial charge in [-0.1, -0.05) is 24.3 Å². The predicted octanol–water partition coefficient (Wildman–Crippen LogP) is 1.48. The van der Waals surface area contributed by atoms with Crippen molar-refractivity contribution in [2.24, 2.45) is 0 Å². The van der Waals surface area contributed by atoms with Crippen molar-refractivity contribution in [2.75, 3.05) is 0 Å². The summed E-state index contributed by atoms with van der Waals surface area (Å²) in [6.45, 7) is 8.21. The molecule has 1 aromatic carbocycles. The van der Waals surface area contributed by atoms with Gasteiger partial charge in [0.2, 0.25) is 0 Å². The van der Waals surface area contributed by atoms with Gasteiger partial charge in [0, 0.05) is 0 Å². The highest BCUT2D eigenvalue weighted by Gasteiger charge is 2.51. The van der Waals surface area contributed by atoms with Gasteiger partial charge in [-0.3, -0.25) is 0 Å². The van der Waals surface area contributed by atoms with Gasteiger partial charge in [-0.05, 0) is 38.7 Å². The Morgan fingerprint density at radius 1 is 1.00 bits per heavy atom. The minimum absolute atomic E-state index is 0.0592. The molecule has 1 fully saturated rings. The van der Waals surface area contributed by atoms with E-state index in [-0.39, 0.29) is 24.9 Å². The normalized spacial score (nSPS) is 21.8. The molecule has 1 aromatic rings. The SMILES string of the molecule is CC1(C)OB(c2ccc(CO)cc2)OC1(C)C. The molecule has 17 heavy (non-hydrogen) atoms. The van der Waals surface area contributed by atoms with Crippen LogP contribution in [0.2, 0.25) is 0 Å². The average molecular weight is 234 g/mol. The van der Waals surface area contributed by atoms with Crippen molar-refractivity contribution in [1.82, 2.24) is 0 Å². The highest BCUT2D eigenvalue weighted by Crippen LogP contribution is 2.36. The summed E-state index contributed by atoms with van der Waals surface area (Å²) >= 11 is 0. The van der Waals surface area contributed by atoms with E-state index >= 15 is 0 Å². The van der Waals surface area contributed by atoms with Crippen LogP contribution in [0.25, 0.3) is 0 Å². The lowest BCUT2D eigenvalue weighted by Crippen LogP contribution is -2.41. The maximum atomic E-state index is 9.00. The van der Waals surface area contributed by atoms with Crippen LogP contribution < -0.4 is 5.46 Å². The topological polar surface area (TPSA) is 38.7 Å². The number of rotatable bonds is 2. The number of aliphatic hydroxyl groups excluding tert-OH is 1. The van der Waals surface area contributed by atoms with Crippen molar-refractivity contribution in [2.45, 2.75) is 45.5 Å². The Kier molecular flexibility index (Phi) is 3.06. The molecule has 0 aliphatic carbocycles. The third-order valence-electron chi connectivity index (χ3n) is 3.69. The van der Waals surface area contributed by atoms with Crippen molar-refractivity contribution < 1.29 is 14.4 Å². The molecule has 0 spiro atoms. The summed E-state index contributed by atoms with van der Waals surface area (Å²) in [6, 6.07) is 7.65. The second-order valence-corrected chi connectivity index (χ2v) is 5.49. The summed E-state index contributed by atoms with van der Waals surface area (Å²) in [5.41, 5.74) is 1.26. The van der Waals surface area contributed by atoms with Crippen molar-refractivity contribution in [1.29, 1.82) is 0 Å². The average Bonchev–Trinajstić information content (AvgIpc) is 2.48. The van der Waals surface area contributed by atoms with Crippen LogP contribution in [0.15, 0.2) is 24.3 Å². The molecule has 0 saturated carbocycles. The second-order valence-electron chi connectivity index (χ2n) is 5.49. The molecule has 0 bridgehead atoms. The van der Waals surface area contributed by atoms with Gasteiger partial charge in [-0.2, -0.15) is 0 Å². The van der Waals surface area contributed by atoms with Gasteiger partial charge in [-0.25, -0.2) is 0 Å². The summed E-state index contributed by atoms with van der Waals surface area (Å²) in [5.74, 6) is 0. The molecule has 0 aromatic heterocycles. The fraction of sp³-hybridized carbons (Fsp3) is 0.538. The third-order valence-corrected chi connectivity index (χ3v) is 3.69. The molecule has 92 valence electrons. The molecule has 1 aliphatic rings. The van der Waals surface area contributed by atoms with Crippen LogP contribution in [0.5, 0.6) is 0 Å². The summed E-state index contributed by atoms with van der Waals surface area (Å²) in [5, 5.41) is 9.00. The van der Waals surface area contributed by atoms with E-state index in [9.17, 15) is 0 Å². The second kappa shape index (κ2) is 4.12. The predicted molar refractivity (Wildman–Crippen MR) is 68.1 cm³/mol. The van der Waals surface area contributed by atoms with Crippen LogP contribution in [0.4, 0.5) is 0 Å². The maximum Gasteiger partial charge on any atom is 0.494 e. The van der Waals surface area contributed by atoms with E-state index in [1.54, 1.807) is 0 Å². The Hall–Kier alpha value is -0.835. The van der Waals surface area contributed by atoms with Crippen molar-refractivity contribution in [3.8, 4) is 0 Å². The Balaban J connectivity index is 2.20. The first-order valence-electron chi connectivity index (χ1n) is 5.91. The van der Waals surface area contributed by atoms with Gasteiger partial charge >= 0.3 is 7.12 Å². The number of aliphatic hydroxyl groups is 1. The number of hydrogen-bond donors (Lipinski definition) is 1. The minimum Gasteiger partial charge on any atom is -0.399 e. The monoisotopic (exact) mass is 234 g/mol. The zero-order valence-corrected chi connectivity index (χ0v) is 10.9. The lowest BCUT2D eigenvalue weighted by molar-refractivity contribution is 0.00578. The van der Waals surface area contributed by atoms with Crippen LogP contribution in [-0.4, -0.2) is 23.4 Å². The number of benzene rings is 1. The zero-order valence-electron chi connectivity index (χ0n) is 10.9. The van der Waals surface area contributed by atoms with Crippen LogP contribution in [-0.2, 0) is 15.9 Å². The summed E-state index contributed by atoms with van der Waals surface area (Å²) in [4.78, 5) is 0. The van der Waals surface area contributed by atoms with E-state index in [0.29, 0.717) is 0 Å². The lowest BCUT2D eigenvalue weighted by Gasteiger charge is -2.32. The van der Waals surface area contributed by atoms with Crippen LogP contribution >= 0.6 is 0 Å². The summed E-state index contributed by atoms with van der Waals surface area (Å²) in [7, 11) is -0.326. The first-order valence-corrected chi connectivity index (χ1v) is 5.91. The smallest absolute Gasteiger partial charge is 0.399 e. The molecule has 3 nitrogen and oxygen atoms in total. The maximum absolute atomic E-state index is 9.00. The van der Waals surface area contributed by atoms with E-state index < -0.39 is 0 Å². The van der Waals surface area contributed by atoms with E-state index in [0.717, 1.165) is 11.0 Å². The lowest BCUT2D eigenvalue weighted by atomic mass is 9.79. The van der Waals surface area contributed by atoms with Gasteiger partial charge in [0.1, 0.15) is 0 Å². The molecule has 1 N–H and O–H groups in total. The first-order chi connectivity index (χ1) is 7.86. The van der Waals surface area contributed by atoms with E-state index in [1.807, 2.05) is 52.0 Å². The molecule has 1 saturated heterocycles. The van der Waals surface area contributed by atoms with Crippen molar-refractivity contribution >= 4 is 12.6 Å². The van der Waals surface area contributed by atoms with Crippen LogP contribution in [0, 0.1) is 0 Å². The van der Waals surface area contributed by atoms with Crippen LogP contribution in [0.1, 0.15) is 33.3 Å². The van der Waals surface area contributed by atoms with E-state index in [1.165, 1.54) is 0 Å². The Labute approximate surface area is 103 Å². The Morgan fingerprint density at radius 2 is 1.47 bits per heavy atom. The molecule has 0 radical (unpaired) electrons. The Morgan fingerprint density at radius 3 is 1.88 bits per heavy atom. The van der Waals surface area contributed by atoms with Crippen molar-refractivity contribution in [3.63, 3.8) is 0 Å². The molecule has 0 amide bonds. The van der Waals surface area contributed by atoms with Gasteiger partial charge in [0.25, 0.3) is 0 Å². The van der Waals surface area contributed by atoms with Gasteiger partial charge in [-0.15, -0.1) is 0 Å². The molecule has 0 atom stereocenters. The molecular formula is C13H19BO3. The molecule has 0 unspecified atom stereocenters. The van der Waals surface area contributed by atoms with E-state index in [2.05, 4.69) is 0 Å². The van der Waals surface area contributed by atoms with Crippen molar-refractivity contribution in [3.05, 3.63) is 29.8 Å². The fourth-order valence-electron chi connectivity index (χ4n) is 1.76. The molecule has 2 rings (SSSR count). The molecule has 1 aliphatic heterocycles. The largest absolute Gasteiger partial charge is 0.494 e. The summed E-state index contributed by atoms with van der Waals surface area (Å²) in [6.07, 6.45) is 0.